The minimum Gasteiger partial charge on any atom is -0.398 e. The topological polar surface area (TPSA) is 38.0 Å². The molecule has 1 aromatic carbocycles. The molecule has 0 amide bonds. The molecule has 1 saturated heterocycles. The molecule has 0 bridgehead atoms. The van der Waals surface area contributed by atoms with Crippen LogP contribution in [0.25, 0.3) is 0 Å². The zero-order valence-corrected chi connectivity index (χ0v) is 9.32. The van der Waals surface area contributed by atoms with Crippen LogP contribution in [0, 0.1) is 5.82 Å². The third-order valence-electron chi connectivity index (χ3n) is 2.56. The van der Waals surface area contributed by atoms with Gasteiger partial charge in [0.2, 0.25) is 0 Å². The van der Waals surface area contributed by atoms with Crippen molar-refractivity contribution in [3.63, 3.8) is 0 Å². The molecule has 0 atom stereocenters. The molecule has 1 aliphatic heterocycles. The first kappa shape index (κ1) is 10.8. The lowest BCUT2D eigenvalue weighted by Crippen LogP contribution is -2.29. The highest BCUT2D eigenvalue weighted by atomic mass is 32.2. The Bertz CT molecular complexity index is 337. The van der Waals surface area contributed by atoms with Crippen LogP contribution >= 0.6 is 11.8 Å². The van der Waals surface area contributed by atoms with Crippen LogP contribution < -0.4 is 11.1 Å². The van der Waals surface area contributed by atoms with Crippen molar-refractivity contribution in [2.45, 2.75) is 23.0 Å². The van der Waals surface area contributed by atoms with Crippen LogP contribution in [0.5, 0.6) is 0 Å². The van der Waals surface area contributed by atoms with Gasteiger partial charge in [-0.05, 0) is 44.1 Å². The van der Waals surface area contributed by atoms with E-state index in [0.717, 1.165) is 30.8 Å². The van der Waals surface area contributed by atoms with E-state index < -0.39 is 0 Å². The number of hydrogen-bond donors (Lipinski definition) is 2. The van der Waals surface area contributed by atoms with E-state index in [4.69, 9.17) is 5.73 Å². The highest BCUT2D eigenvalue weighted by Crippen LogP contribution is 2.32. The number of nitrogens with two attached hydrogens (primary N) is 1. The van der Waals surface area contributed by atoms with E-state index in [9.17, 15) is 4.39 Å². The number of piperidine rings is 1. The summed E-state index contributed by atoms with van der Waals surface area (Å²) in [6.07, 6.45) is 2.25. The van der Waals surface area contributed by atoms with Gasteiger partial charge in [-0.3, -0.25) is 0 Å². The largest absolute Gasteiger partial charge is 0.398 e. The van der Waals surface area contributed by atoms with Crippen molar-refractivity contribution in [2.75, 3.05) is 18.8 Å². The van der Waals surface area contributed by atoms with Gasteiger partial charge >= 0.3 is 0 Å². The van der Waals surface area contributed by atoms with Crippen LogP contribution in [0.4, 0.5) is 10.1 Å². The summed E-state index contributed by atoms with van der Waals surface area (Å²) < 4.78 is 13.0. The second-order valence-corrected chi connectivity index (χ2v) is 5.09. The fraction of sp³-hybridized carbons (Fsp3) is 0.455. The Morgan fingerprint density at radius 2 is 2.07 bits per heavy atom. The van der Waals surface area contributed by atoms with E-state index in [-0.39, 0.29) is 5.82 Å². The summed E-state index contributed by atoms with van der Waals surface area (Å²) in [5.74, 6) is -0.208. The lowest BCUT2D eigenvalue weighted by molar-refractivity contribution is 0.531. The van der Waals surface area contributed by atoms with E-state index in [0.29, 0.717) is 10.9 Å². The number of benzene rings is 1. The van der Waals surface area contributed by atoms with E-state index in [1.54, 1.807) is 17.8 Å². The Kier molecular flexibility index (Phi) is 3.49. The van der Waals surface area contributed by atoms with Gasteiger partial charge in [-0.1, -0.05) is 0 Å². The van der Waals surface area contributed by atoms with Crippen molar-refractivity contribution in [1.29, 1.82) is 0 Å². The summed E-state index contributed by atoms with van der Waals surface area (Å²) in [6, 6.07) is 4.57. The van der Waals surface area contributed by atoms with E-state index in [1.165, 1.54) is 12.1 Å². The third kappa shape index (κ3) is 2.86. The van der Waals surface area contributed by atoms with Crippen LogP contribution in [-0.2, 0) is 0 Å². The number of nitrogens with one attached hydrogen (secondary N) is 1. The Labute approximate surface area is 93.4 Å². The third-order valence-corrected chi connectivity index (χ3v) is 3.97. The Balaban J connectivity index is 2.05. The minimum absolute atomic E-state index is 0.208. The fourth-order valence-corrected chi connectivity index (χ4v) is 2.92. The number of hydrogen-bond acceptors (Lipinski definition) is 3. The second-order valence-electron chi connectivity index (χ2n) is 3.75. The molecule has 0 aliphatic carbocycles. The van der Waals surface area contributed by atoms with Gasteiger partial charge in [-0.15, -0.1) is 11.8 Å². The number of rotatable bonds is 2. The maximum Gasteiger partial charge on any atom is 0.124 e. The van der Waals surface area contributed by atoms with E-state index in [1.807, 2.05) is 0 Å². The number of halogens is 1. The molecule has 1 fully saturated rings. The number of anilines is 1. The van der Waals surface area contributed by atoms with Gasteiger partial charge in [0.15, 0.2) is 0 Å². The number of nitrogen functional groups attached to an aromatic ring is 1. The highest BCUT2D eigenvalue weighted by molar-refractivity contribution is 8.00. The van der Waals surface area contributed by atoms with Gasteiger partial charge in [-0.2, -0.15) is 0 Å². The first-order valence-corrected chi connectivity index (χ1v) is 6.06. The minimum atomic E-state index is -0.208. The molecule has 4 heteroatoms. The molecular formula is C11H15FN2S. The molecular weight excluding hydrogens is 211 g/mol. The highest BCUT2D eigenvalue weighted by Gasteiger charge is 2.15. The average Bonchev–Trinajstić information content (AvgIpc) is 2.25. The molecule has 2 nitrogen and oxygen atoms in total. The molecule has 0 radical (unpaired) electrons. The van der Waals surface area contributed by atoms with Gasteiger partial charge in [0.05, 0.1) is 0 Å². The quantitative estimate of drug-likeness (QED) is 0.760. The maximum atomic E-state index is 13.0. The molecule has 15 heavy (non-hydrogen) atoms. The van der Waals surface area contributed by atoms with Crippen molar-refractivity contribution in [1.82, 2.24) is 5.32 Å². The van der Waals surface area contributed by atoms with Crippen molar-refractivity contribution < 1.29 is 4.39 Å². The fourth-order valence-electron chi connectivity index (χ4n) is 1.70. The van der Waals surface area contributed by atoms with Crippen molar-refractivity contribution in [3.8, 4) is 0 Å². The van der Waals surface area contributed by atoms with Crippen LogP contribution in [0.15, 0.2) is 23.1 Å². The van der Waals surface area contributed by atoms with Crippen LogP contribution in [0.1, 0.15) is 12.8 Å². The summed E-state index contributed by atoms with van der Waals surface area (Å²) >= 11 is 1.70. The lowest BCUT2D eigenvalue weighted by atomic mass is 10.2. The molecule has 1 aromatic rings. The van der Waals surface area contributed by atoms with E-state index in [2.05, 4.69) is 5.32 Å². The summed E-state index contributed by atoms with van der Waals surface area (Å²) in [4.78, 5) is 0.877. The molecule has 82 valence electrons. The van der Waals surface area contributed by atoms with Crippen LogP contribution in [-0.4, -0.2) is 18.3 Å². The standard InChI is InChI=1S/C11H15FN2S/c12-8-1-2-10(13)11(7-8)15-9-3-5-14-6-4-9/h1-2,7,9,14H,3-6,13H2. The first-order chi connectivity index (χ1) is 7.25. The van der Waals surface area contributed by atoms with Gasteiger partial charge in [0.25, 0.3) is 0 Å². The first-order valence-electron chi connectivity index (χ1n) is 5.18. The molecule has 0 unspecified atom stereocenters. The number of thioether (sulfide) groups is 1. The van der Waals surface area contributed by atoms with Gasteiger partial charge in [-0.25, -0.2) is 4.39 Å². The molecule has 1 aliphatic rings. The molecule has 0 spiro atoms. The molecule has 0 saturated carbocycles. The maximum absolute atomic E-state index is 13.0. The lowest BCUT2D eigenvalue weighted by Gasteiger charge is -2.22. The smallest absolute Gasteiger partial charge is 0.124 e. The van der Waals surface area contributed by atoms with Crippen molar-refractivity contribution in [2.24, 2.45) is 0 Å². The van der Waals surface area contributed by atoms with Gasteiger partial charge in [0.1, 0.15) is 5.82 Å². The van der Waals surface area contributed by atoms with Gasteiger partial charge < -0.3 is 11.1 Å². The Morgan fingerprint density at radius 1 is 1.33 bits per heavy atom. The zero-order valence-electron chi connectivity index (χ0n) is 8.50. The molecule has 2 rings (SSSR count). The molecule has 1 heterocycles. The summed E-state index contributed by atoms with van der Waals surface area (Å²) in [5.41, 5.74) is 6.48. The van der Waals surface area contributed by atoms with Crippen molar-refractivity contribution in [3.05, 3.63) is 24.0 Å². The zero-order chi connectivity index (χ0) is 10.7. The SMILES string of the molecule is Nc1ccc(F)cc1SC1CCNCC1. The Morgan fingerprint density at radius 3 is 2.80 bits per heavy atom. The predicted octanol–water partition coefficient (Wildman–Crippen LogP) is 2.25. The molecule has 0 aromatic heterocycles. The average molecular weight is 226 g/mol. The summed E-state index contributed by atoms with van der Waals surface area (Å²) in [5, 5.41) is 3.87. The van der Waals surface area contributed by atoms with Crippen LogP contribution in [0.3, 0.4) is 0 Å². The van der Waals surface area contributed by atoms with E-state index >= 15 is 0 Å². The normalized spacial score (nSPS) is 17.9. The second kappa shape index (κ2) is 4.86. The summed E-state index contributed by atoms with van der Waals surface area (Å²) in [6.45, 7) is 2.10. The predicted molar refractivity (Wildman–Crippen MR) is 62.6 cm³/mol. The Hall–Kier alpha value is -0.740. The summed E-state index contributed by atoms with van der Waals surface area (Å²) in [7, 11) is 0. The van der Waals surface area contributed by atoms with Gasteiger partial charge in [0, 0.05) is 15.8 Å². The van der Waals surface area contributed by atoms with Crippen molar-refractivity contribution >= 4 is 17.4 Å². The van der Waals surface area contributed by atoms with Crippen LogP contribution in [0.2, 0.25) is 0 Å². The molecule has 3 N–H and O–H groups in total. The monoisotopic (exact) mass is 226 g/mol.